The van der Waals surface area contributed by atoms with Crippen LogP contribution in [0.15, 0.2) is 48.5 Å². The molecule has 146 valence electrons. The molecule has 2 aromatic rings. The summed E-state index contributed by atoms with van der Waals surface area (Å²) in [6, 6.07) is 14.1. The zero-order chi connectivity index (χ0) is 20.1. The van der Waals surface area contributed by atoms with Crippen molar-refractivity contribution < 1.29 is 19.5 Å². The zero-order valence-corrected chi connectivity index (χ0v) is 15.9. The Balaban J connectivity index is 1.55. The Hall–Kier alpha value is -3.15. The normalized spacial score (nSPS) is 14.5. The lowest BCUT2D eigenvalue weighted by Gasteiger charge is -2.32. The minimum Gasteiger partial charge on any atom is -0.478 e. The molecule has 0 radical (unpaired) electrons. The summed E-state index contributed by atoms with van der Waals surface area (Å²) in [6.45, 7) is 2.96. The largest absolute Gasteiger partial charge is 0.478 e. The molecule has 0 bridgehead atoms. The van der Waals surface area contributed by atoms with Crippen LogP contribution in [-0.4, -0.2) is 46.9 Å². The van der Waals surface area contributed by atoms with E-state index >= 15 is 0 Å². The smallest absolute Gasteiger partial charge is 0.336 e. The fraction of sp³-hybridized carbons (Fsp3) is 0.318. The van der Waals surface area contributed by atoms with Crippen molar-refractivity contribution in [1.29, 1.82) is 0 Å². The monoisotopic (exact) mass is 380 g/mol. The van der Waals surface area contributed by atoms with E-state index in [0.717, 1.165) is 11.1 Å². The maximum absolute atomic E-state index is 12.7. The second-order valence-electron chi connectivity index (χ2n) is 7.09. The van der Waals surface area contributed by atoms with E-state index in [4.69, 9.17) is 0 Å². The number of aryl methyl sites for hydroxylation is 1. The number of nitrogens with zero attached hydrogens (tertiary/aromatic N) is 1. The molecule has 1 aliphatic heterocycles. The number of aromatic carboxylic acids is 1. The van der Waals surface area contributed by atoms with Gasteiger partial charge < -0.3 is 15.3 Å². The van der Waals surface area contributed by atoms with E-state index in [1.165, 1.54) is 6.07 Å². The SMILES string of the molecule is Cc1ccccc1CC(=O)NC1CCN(C(=O)c2ccccc2C(=O)O)CC1. The average molecular weight is 380 g/mol. The van der Waals surface area contributed by atoms with E-state index in [-0.39, 0.29) is 29.0 Å². The average Bonchev–Trinajstić information content (AvgIpc) is 2.69. The lowest BCUT2D eigenvalue weighted by Crippen LogP contribution is -2.47. The molecular weight excluding hydrogens is 356 g/mol. The van der Waals surface area contributed by atoms with Crippen LogP contribution in [0.2, 0.25) is 0 Å². The molecule has 0 spiro atoms. The van der Waals surface area contributed by atoms with Crippen LogP contribution in [0.4, 0.5) is 0 Å². The van der Waals surface area contributed by atoms with Crippen LogP contribution in [0, 0.1) is 6.92 Å². The number of amides is 2. The number of carboxylic acids is 1. The number of likely N-dealkylation sites (tertiary alicyclic amines) is 1. The number of carboxylic acid groups (broad SMARTS) is 1. The van der Waals surface area contributed by atoms with Gasteiger partial charge in [-0.3, -0.25) is 9.59 Å². The van der Waals surface area contributed by atoms with Gasteiger partial charge in [-0.15, -0.1) is 0 Å². The molecule has 2 N–H and O–H groups in total. The Labute approximate surface area is 164 Å². The van der Waals surface area contributed by atoms with Crippen LogP contribution >= 0.6 is 0 Å². The fourth-order valence-electron chi connectivity index (χ4n) is 3.51. The van der Waals surface area contributed by atoms with E-state index in [1.807, 2.05) is 31.2 Å². The number of hydrogen-bond acceptors (Lipinski definition) is 3. The molecule has 0 aliphatic carbocycles. The molecule has 2 amide bonds. The first kappa shape index (κ1) is 19.6. The summed E-state index contributed by atoms with van der Waals surface area (Å²) in [5, 5.41) is 12.3. The third-order valence-corrected chi connectivity index (χ3v) is 5.15. The first-order valence-electron chi connectivity index (χ1n) is 9.41. The topological polar surface area (TPSA) is 86.7 Å². The van der Waals surface area contributed by atoms with Gasteiger partial charge in [0.15, 0.2) is 0 Å². The Morgan fingerprint density at radius 2 is 1.61 bits per heavy atom. The highest BCUT2D eigenvalue weighted by Gasteiger charge is 2.27. The van der Waals surface area contributed by atoms with Crippen LogP contribution in [0.5, 0.6) is 0 Å². The van der Waals surface area contributed by atoms with Gasteiger partial charge in [0.2, 0.25) is 5.91 Å². The highest BCUT2D eigenvalue weighted by Crippen LogP contribution is 2.17. The summed E-state index contributed by atoms with van der Waals surface area (Å²) in [4.78, 5) is 38.0. The van der Waals surface area contributed by atoms with Crippen LogP contribution in [0.3, 0.4) is 0 Å². The molecule has 0 unspecified atom stereocenters. The Morgan fingerprint density at radius 1 is 1.00 bits per heavy atom. The number of carbonyl (C=O) groups is 3. The summed E-state index contributed by atoms with van der Waals surface area (Å²) in [7, 11) is 0. The van der Waals surface area contributed by atoms with Crippen LogP contribution < -0.4 is 5.32 Å². The predicted molar refractivity (Wildman–Crippen MR) is 105 cm³/mol. The molecule has 1 aliphatic rings. The first-order chi connectivity index (χ1) is 13.5. The van der Waals surface area contributed by atoms with Crippen molar-refractivity contribution in [2.75, 3.05) is 13.1 Å². The van der Waals surface area contributed by atoms with E-state index in [9.17, 15) is 19.5 Å². The molecule has 3 rings (SSSR count). The third kappa shape index (κ3) is 4.57. The van der Waals surface area contributed by atoms with Crippen molar-refractivity contribution in [1.82, 2.24) is 10.2 Å². The molecular formula is C22H24N2O4. The van der Waals surface area contributed by atoms with Crippen molar-refractivity contribution in [3.8, 4) is 0 Å². The highest BCUT2D eigenvalue weighted by atomic mass is 16.4. The summed E-state index contributed by atoms with van der Waals surface area (Å²) in [6.07, 6.45) is 1.65. The van der Waals surface area contributed by atoms with E-state index < -0.39 is 5.97 Å². The molecule has 28 heavy (non-hydrogen) atoms. The van der Waals surface area contributed by atoms with Gasteiger partial charge >= 0.3 is 5.97 Å². The van der Waals surface area contributed by atoms with Crippen LogP contribution in [0.1, 0.15) is 44.7 Å². The summed E-state index contributed by atoms with van der Waals surface area (Å²) >= 11 is 0. The zero-order valence-electron chi connectivity index (χ0n) is 15.9. The maximum atomic E-state index is 12.7. The Morgan fingerprint density at radius 3 is 2.25 bits per heavy atom. The third-order valence-electron chi connectivity index (χ3n) is 5.15. The first-order valence-corrected chi connectivity index (χ1v) is 9.41. The Kier molecular flexibility index (Phi) is 6.09. The van der Waals surface area contributed by atoms with Gasteiger partial charge in [-0.05, 0) is 43.0 Å². The van der Waals surface area contributed by atoms with Gasteiger partial charge in [-0.1, -0.05) is 36.4 Å². The van der Waals surface area contributed by atoms with Gasteiger partial charge in [-0.25, -0.2) is 4.79 Å². The molecule has 1 saturated heterocycles. The molecule has 1 heterocycles. The molecule has 6 nitrogen and oxygen atoms in total. The van der Waals surface area contributed by atoms with Crippen molar-refractivity contribution in [2.24, 2.45) is 0 Å². The second kappa shape index (κ2) is 8.69. The number of nitrogens with one attached hydrogen (secondary N) is 1. The highest BCUT2D eigenvalue weighted by molar-refractivity contribution is 6.04. The maximum Gasteiger partial charge on any atom is 0.336 e. The summed E-state index contributed by atoms with van der Waals surface area (Å²) in [5.41, 5.74) is 2.33. The number of rotatable bonds is 5. The van der Waals surface area contributed by atoms with Crippen molar-refractivity contribution >= 4 is 17.8 Å². The lowest BCUT2D eigenvalue weighted by atomic mass is 10.0. The molecule has 0 saturated carbocycles. The fourth-order valence-corrected chi connectivity index (χ4v) is 3.51. The van der Waals surface area contributed by atoms with E-state index in [0.29, 0.717) is 32.4 Å². The van der Waals surface area contributed by atoms with Crippen molar-refractivity contribution in [3.05, 3.63) is 70.8 Å². The quantitative estimate of drug-likeness (QED) is 0.835. The van der Waals surface area contributed by atoms with Gasteiger partial charge in [0.05, 0.1) is 17.5 Å². The van der Waals surface area contributed by atoms with Crippen molar-refractivity contribution in [2.45, 2.75) is 32.2 Å². The van der Waals surface area contributed by atoms with E-state index in [1.54, 1.807) is 23.1 Å². The minimum absolute atomic E-state index is 0.0150. The van der Waals surface area contributed by atoms with Gasteiger partial charge in [0.1, 0.15) is 0 Å². The number of benzene rings is 2. The standard InChI is InChI=1S/C22H24N2O4/c1-15-6-2-3-7-16(15)14-20(25)23-17-10-12-24(13-11-17)21(26)18-8-4-5-9-19(18)22(27)28/h2-9,17H,10-14H2,1H3,(H,23,25)(H,27,28). The van der Waals surface area contributed by atoms with Crippen molar-refractivity contribution in [3.63, 3.8) is 0 Å². The number of carbonyl (C=O) groups excluding carboxylic acids is 2. The van der Waals surface area contributed by atoms with Gasteiger partial charge in [0.25, 0.3) is 5.91 Å². The summed E-state index contributed by atoms with van der Waals surface area (Å²) in [5.74, 6) is -1.40. The predicted octanol–water partition coefficient (Wildman–Crippen LogP) is 2.66. The summed E-state index contributed by atoms with van der Waals surface area (Å²) < 4.78 is 0. The van der Waals surface area contributed by atoms with Crippen LogP contribution in [0.25, 0.3) is 0 Å². The van der Waals surface area contributed by atoms with Gasteiger partial charge in [-0.2, -0.15) is 0 Å². The minimum atomic E-state index is -1.11. The molecule has 6 heteroatoms. The molecule has 0 aromatic heterocycles. The van der Waals surface area contributed by atoms with Gasteiger partial charge in [0, 0.05) is 19.1 Å². The molecule has 0 atom stereocenters. The number of hydrogen-bond donors (Lipinski definition) is 2. The Bertz CT molecular complexity index is 886. The second-order valence-corrected chi connectivity index (χ2v) is 7.09. The molecule has 1 fully saturated rings. The van der Waals surface area contributed by atoms with E-state index in [2.05, 4.69) is 5.32 Å². The molecule has 2 aromatic carbocycles. The lowest BCUT2D eigenvalue weighted by molar-refractivity contribution is -0.121. The van der Waals surface area contributed by atoms with Crippen LogP contribution in [-0.2, 0) is 11.2 Å². The number of piperidine rings is 1.